The SMILES string of the molecule is Cc1ccc(-c2ccc(C(C)N)o2)cc1. The average Bonchev–Trinajstić information content (AvgIpc) is 2.68. The minimum Gasteiger partial charge on any atom is -0.459 e. The van der Waals surface area contributed by atoms with Crippen molar-refractivity contribution in [2.75, 3.05) is 0 Å². The summed E-state index contributed by atoms with van der Waals surface area (Å²) in [6, 6.07) is 12.1. The highest BCUT2D eigenvalue weighted by Gasteiger charge is 2.07. The van der Waals surface area contributed by atoms with Gasteiger partial charge in [0.15, 0.2) is 0 Å². The summed E-state index contributed by atoms with van der Waals surface area (Å²) >= 11 is 0. The maximum atomic E-state index is 5.74. The number of hydrogen-bond donors (Lipinski definition) is 1. The van der Waals surface area contributed by atoms with Gasteiger partial charge in [0, 0.05) is 5.56 Å². The zero-order valence-electron chi connectivity index (χ0n) is 9.03. The molecule has 15 heavy (non-hydrogen) atoms. The van der Waals surface area contributed by atoms with Crippen LogP contribution in [0.5, 0.6) is 0 Å². The van der Waals surface area contributed by atoms with E-state index in [1.165, 1.54) is 5.56 Å². The van der Waals surface area contributed by atoms with E-state index in [4.69, 9.17) is 10.2 Å². The average molecular weight is 201 g/mol. The molecule has 0 aliphatic carbocycles. The Morgan fingerprint density at radius 3 is 2.27 bits per heavy atom. The lowest BCUT2D eigenvalue weighted by Gasteiger charge is -2.00. The van der Waals surface area contributed by atoms with E-state index in [0.29, 0.717) is 0 Å². The van der Waals surface area contributed by atoms with Gasteiger partial charge in [-0.25, -0.2) is 0 Å². The predicted molar refractivity (Wildman–Crippen MR) is 61.5 cm³/mol. The third-order valence-corrected chi connectivity index (χ3v) is 2.41. The van der Waals surface area contributed by atoms with Crippen LogP contribution in [0.2, 0.25) is 0 Å². The van der Waals surface area contributed by atoms with Gasteiger partial charge in [-0.15, -0.1) is 0 Å². The molecule has 0 saturated carbocycles. The molecule has 0 radical (unpaired) electrons. The van der Waals surface area contributed by atoms with E-state index < -0.39 is 0 Å². The van der Waals surface area contributed by atoms with Crippen LogP contribution in [0.25, 0.3) is 11.3 Å². The molecule has 0 spiro atoms. The molecular weight excluding hydrogens is 186 g/mol. The minimum absolute atomic E-state index is 0.0517. The lowest BCUT2D eigenvalue weighted by Crippen LogP contribution is -2.02. The number of furan rings is 1. The molecule has 1 unspecified atom stereocenters. The number of hydrogen-bond acceptors (Lipinski definition) is 2. The molecule has 1 atom stereocenters. The monoisotopic (exact) mass is 201 g/mol. The summed E-state index contributed by atoms with van der Waals surface area (Å²) in [5.74, 6) is 1.70. The van der Waals surface area contributed by atoms with Crippen LogP contribution in [-0.2, 0) is 0 Å². The summed E-state index contributed by atoms with van der Waals surface area (Å²) in [6.07, 6.45) is 0. The molecular formula is C13H15NO. The lowest BCUT2D eigenvalue weighted by atomic mass is 10.1. The quantitative estimate of drug-likeness (QED) is 0.809. The highest BCUT2D eigenvalue weighted by atomic mass is 16.3. The van der Waals surface area contributed by atoms with Crippen LogP contribution in [0.3, 0.4) is 0 Å². The zero-order chi connectivity index (χ0) is 10.8. The fraction of sp³-hybridized carbons (Fsp3) is 0.231. The third-order valence-electron chi connectivity index (χ3n) is 2.41. The van der Waals surface area contributed by atoms with Crippen LogP contribution in [0.1, 0.15) is 24.3 Å². The molecule has 2 nitrogen and oxygen atoms in total. The standard InChI is InChI=1S/C13H15NO/c1-9-3-5-11(6-4-9)13-8-7-12(15-13)10(2)14/h3-8,10H,14H2,1-2H3. The summed E-state index contributed by atoms with van der Waals surface area (Å²) < 4.78 is 5.65. The Hall–Kier alpha value is -1.54. The number of benzene rings is 1. The van der Waals surface area contributed by atoms with Crippen LogP contribution in [-0.4, -0.2) is 0 Å². The molecule has 0 fully saturated rings. The zero-order valence-corrected chi connectivity index (χ0v) is 9.03. The highest BCUT2D eigenvalue weighted by Crippen LogP contribution is 2.24. The molecule has 1 heterocycles. The second-order valence-corrected chi connectivity index (χ2v) is 3.86. The molecule has 78 valence electrons. The van der Waals surface area contributed by atoms with Crippen LogP contribution in [0.4, 0.5) is 0 Å². The summed E-state index contributed by atoms with van der Waals surface area (Å²) in [4.78, 5) is 0. The Bertz CT molecular complexity index is 440. The predicted octanol–water partition coefficient (Wildman–Crippen LogP) is 3.27. The Morgan fingerprint density at radius 1 is 1.07 bits per heavy atom. The maximum Gasteiger partial charge on any atom is 0.134 e. The van der Waals surface area contributed by atoms with E-state index in [0.717, 1.165) is 17.1 Å². The first-order chi connectivity index (χ1) is 7.16. The second-order valence-electron chi connectivity index (χ2n) is 3.86. The second kappa shape index (κ2) is 3.91. The molecule has 2 rings (SSSR count). The summed E-state index contributed by atoms with van der Waals surface area (Å²) in [7, 11) is 0. The van der Waals surface area contributed by atoms with Crippen molar-refractivity contribution < 1.29 is 4.42 Å². The van der Waals surface area contributed by atoms with Crippen LogP contribution in [0.15, 0.2) is 40.8 Å². The smallest absolute Gasteiger partial charge is 0.134 e. The van der Waals surface area contributed by atoms with Gasteiger partial charge in [-0.2, -0.15) is 0 Å². The normalized spacial score (nSPS) is 12.7. The lowest BCUT2D eigenvalue weighted by molar-refractivity contribution is 0.491. The fourth-order valence-electron chi connectivity index (χ4n) is 1.47. The van der Waals surface area contributed by atoms with E-state index in [1.807, 2.05) is 19.1 Å². The Balaban J connectivity index is 2.33. The summed E-state index contributed by atoms with van der Waals surface area (Å²) in [6.45, 7) is 3.98. The van der Waals surface area contributed by atoms with Crippen molar-refractivity contribution in [3.8, 4) is 11.3 Å². The van der Waals surface area contributed by atoms with Gasteiger partial charge in [0.2, 0.25) is 0 Å². The van der Waals surface area contributed by atoms with Gasteiger partial charge in [-0.1, -0.05) is 29.8 Å². The number of rotatable bonds is 2. The van der Waals surface area contributed by atoms with Gasteiger partial charge in [0.1, 0.15) is 11.5 Å². The van der Waals surface area contributed by atoms with Crippen molar-refractivity contribution in [3.05, 3.63) is 47.7 Å². The molecule has 2 N–H and O–H groups in total. The van der Waals surface area contributed by atoms with Crippen molar-refractivity contribution in [3.63, 3.8) is 0 Å². The fourth-order valence-corrected chi connectivity index (χ4v) is 1.47. The third kappa shape index (κ3) is 2.10. The first-order valence-corrected chi connectivity index (χ1v) is 5.09. The largest absolute Gasteiger partial charge is 0.459 e. The number of nitrogens with two attached hydrogens (primary N) is 1. The van der Waals surface area contributed by atoms with Crippen molar-refractivity contribution in [2.45, 2.75) is 19.9 Å². The molecule has 2 heteroatoms. The Labute approximate surface area is 89.7 Å². The molecule has 2 aromatic rings. The van der Waals surface area contributed by atoms with Crippen LogP contribution < -0.4 is 5.73 Å². The van der Waals surface area contributed by atoms with Crippen LogP contribution >= 0.6 is 0 Å². The van der Waals surface area contributed by atoms with Gasteiger partial charge in [-0.3, -0.25) is 0 Å². The van der Waals surface area contributed by atoms with E-state index in [9.17, 15) is 0 Å². The van der Waals surface area contributed by atoms with Crippen molar-refractivity contribution in [2.24, 2.45) is 5.73 Å². The van der Waals surface area contributed by atoms with Gasteiger partial charge < -0.3 is 10.2 Å². The first kappa shape index (κ1) is 9.99. The van der Waals surface area contributed by atoms with Crippen LogP contribution in [0, 0.1) is 6.92 Å². The Morgan fingerprint density at radius 2 is 1.73 bits per heavy atom. The molecule has 1 aromatic heterocycles. The summed E-state index contributed by atoms with van der Waals surface area (Å²) in [5, 5.41) is 0. The summed E-state index contributed by atoms with van der Waals surface area (Å²) in [5.41, 5.74) is 8.07. The maximum absolute atomic E-state index is 5.74. The van der Waals surface area contributed by atoms with E-state index in [1.54, 1.807) is 0 Å². The minimum atomic E-state index is -0.0517. The molecule has 0 amide bonds. The van der Waals surface area contributed by atoms with Gasteiger partial charge in [0.25, 0.3) is 0 Å². The molecule has 0 aliphatic rings. The van der Waals surface area contributed by atoms with Gasteiger partial charge in [-0.05, 0) is 26.0 Å². The van der Waals surface area contributed by atoms with Crippen molar-refractivity contribution in [1.29, 1.82) is 0 Å². The molecule has 0 saturated heterocycles. The van der Waals surface area contributed by atoms with Crippen molar-refractivity contribution >= 4 is 0 Å². The molecule has 0 aliphatic heterocycles. The topological polar surface area (TPSA) is 39.2 Å². The molecule has 0 bridgehead atoms. The van der Waals surface area contributed by atoms with E-state index in [-0.39, 0.29) is 6.04 Å². The van der Waals surface area contributed by atoms with Gasteiger partial charge >= 0.3 is 0 Å². The number of aryl methyl sites for hydroxylation is 1. The van der Waals surface area contributed by atoms with E-state index >= 15 is 0 Å². The first-order valence-electron chi connectivity index (χ1n) is 5.09. The highest BCUT2D eigenvalue weighted by molar-refractivity contribution is 5.57. The molecule has 1 aromatic carbocycles. The van der Waals surface area contributed by atoms with Gasteiger partial charge in [0.05, 0.1) is 6.04 Å². The van der Waals surface area contributed by atoms with E-state index in [2.05, 4.69) is 31.2 Å². The van der Waals surface area contributed by atoms with Crippen molar-refractivity contribution in [1.82, 2.24) is 0 Å². The Kier molecular flexibility index (Phi) is 2.60.